The van der Waals surface area contributed by atoms with Crippen LogP contribution >= 0.6 is 11.6 Å². The van der Waals surface area contributed by atoms with Crippen LogP contribution in [0.25, 0.3) is 0 Å². The van der Waals surface area contributed by atoms with Crippen molar-refractivity contribution in [3.8, 4) is 5.75 Å². The predicted octanol–water partition coefficient (Wildman–Crippen LogP) is 4.22. The summed E-state index contributed by atoms with van der Waals surface area (Å²) in [4.78, 5) is 12.1. The summed E-state index contributed by atoms with van der Waals surface area (Å²) >= 11 is 5.86. The van der Waals surface area contributed by atoms with Crippen molar-refractivity contribution in [3.63, 3.8) is 0 Å². The van der Waals surface area contributed by atoms with E-state index in [0.29, 0.717) is 16.3 Å². The molecule has 2 rings (SSSR count). The molecule has 0 unspecified atom stereocenters. The Labute approximate surface area is 118 Å². The van der Waals surface area contributed by atoms with Gasteiger partial charge in [-0.1, -0.05) is 35.9 Å². The van der Waals surface area contributed by atoms with Gasteiger partial charge in [-0.2, -0.15) is 0 Å². The van der Waals surface area contributed by atoms with Crippen LogP contribution in [-0.2, 0) is 0 Å². The molecule has 0 aromatic heterocycles. The van der Waals surface area contributed by atoms with Gasteiger partial charge < -0.3 is 4.74 Å². The van der Waals surface area contributed by atoms with E-state index in [9.17, 15) is 4.79 Å². The van der Waals surface area contributed by atoms with Gasteiger partial charge in [0.25, 0.3) is 0 Å². The zero-order valence-electron chi connectivity index (χ0n) is 10.9. The van der Waals surface area contributed by atoms with Gasteiger partial charge in [0.15, 0.2) is 12.4 Å². The number of ether oxygens (including phenoxy) is 1. The number of ketones is 1. The average Bonchev–Trinajstić information content (AvgIpc) is 2.39. The molecule has 0 saturated heterocycles. The standard InChI is InChI=1S/C16H15ClO2/c1-11-5-3-8-15(12(11)2)16(18)10-19-14-7-4-6-13(17)9-14/h3-9H,10H2,1-2H3. The highest BCUT2D eigenvalue weighted by molar-refractivity contribution is 6.30. The summed E-state index contributed by atoms with van der Waals surface area (Å²) in [5, 5.41) is 0.594. The molecular formula is C16H15ClO2. The van der Waals surface area contributed by atoms with Gasteiger partial charge in [-0.25, -0.2) is 0 Å². The van der Waals surface area contributed by atoms with Gasteiger partial charge in [-0.05, 0) is 43.2 Å². The summed E-state index contributed by atoms with van der Waals surface area (Å²) in [6, 6.07) is 12.7. The quantitative estimate of drug-likeness (QED) is 0.781. The minimum absolute atomic E-state index is 0.0185. The topological polar surface area (TPSA) is 26.3 Å². The van der Waals surface area contributed by atoms with Gasteiger partial charge in [0.2, 0.25) is 0 Å². The molecule has 0 aliphatic carbocycles. The summed E-state index contributed by atoms with van der Waals surface area (Å²) in [7, 11) is 0. The van der Waals surface area contributed by atoms with E-state index in [2.05, 4.69) is 0 Å². The van der Waals surface area contributed by atoms with Crippen molar-refractivity contribution >= 4 is 17.4 Å². The maximum absolute atomic E-state index is 12.1. The molecule has 98 valence electrons. The van der Waals surface area contributed by atoms with E-state index in [1.807, 2.05) is 32.0 Å². The molecule has 0 saturated carbocycles. The molecule has 19 heavy (non-hydrogen) atoms. The summed E-state index contributed by atoms with van der Waals surface area (Å²) in [6.45, 7) is 3.95. The third-order valence-electron chi connectivity index (χ3n) is 3.07. The second kappa shape index (κ2) is 5.89. The molecular weight excluding hydrogens is 260 g/mol. The van der Waals surface area contributed by atoms with Gasteiger partial charge in [0.1, 0.15) is 5.75 Å². The summed E-state index contributed by atoms with van der Waals surface area (Å²) < 4.78 is 5.46. The van der Waals surface area contributed by atoms with Crippen LogP contribution < -0.4 is 4.74 Å². The van der Waals surface area contributed by atoms with E-state index >= 15 is 0 Å². The number of halogens is 1. The molecule has 2 nitrogen and oxygen atoms in total. The number of hydrogen-bond donors (Lipinski definition) is 0. The smallest absolute Gasteiger partial charge is 0.200 e. The lowest BCUT2D eigenvalue weighted by Gasteiger charge is -2.09. The van der Waals surface area contributed by atoms with Crippen LogP contribution in [0.15, 0.2) is 42.5 Å². The number of Topliss-reactive ketones (excluding diaryl/α,β-unsaturated/α-hetero) is 1. The predicted molar refractivity (Wildman–Crippen MR) is 77.2 cm³/mol. The first-order chi connectivity index (χ1) is 9.08. The third-order valence-corrected chi connectivity index (χ3v) is 3.31. The van der Waals surface area contributed by atoms with E-state index < -0.39 is 0 Å². The van der Waals surface area contributed by atoms with Gasteiger partial charge in [0, 0.05) is 10.6 Å². The van der Waals surface area contributed by atoms with Crippen LogP contribution in [0.5, 0.6) is 5.75 Å². The van der Waals surface area contributed by atoms with E-state index in [1.54, 1.807) is 24.3 Å². The van der Waals surface area contributed by atoms with Crippen molar-refractivity contribution < 1.29 is 9.53 Å². The van der Waals surface area contributed by atoms with E-state index in [-0.39, 0.29) is 12.4 Å². The Kier molecular flexibility index (Phi) is 4.23. The van der Waals surface area contributed by atoms with Crippen LogP contribution in [0, 0.1) is 13.8 Å². The summed E-state index contributed by atoms with van der Waals surface area (Å²) in [5.74, 6) is 0.576. The highest BCUT2D eigenvalue weighted by Gasteiger charge is 2.11. The minimum atomic E-state index is -0.0267. The Bertz CT molecular complexity index is 605. The first-order valence-corrected chi connectivity index (χ1v) is 6.43. The highest BCUT2D eigenvalue weighted by atomic mass is 35.5. The summed E-state index contributed by atoms with van der Waals surface area (Å²) in [6.07, 6.45) is 0. The summed E-state index contributed by atoms with van der Waals surface area (Å²) in [5.41, 5.74) is 2.82. The Morgan fingerprint density at radius 2 is 1.89 bits per heavy atom. The van der Waals surface area contributed by atoms with Crippen LogP contribution in [0.2, 0.25) is 5.02 Å². The first kappa shape index (κ1) is 13.6. The van der Waals surface area contributed by atoms with Crippen molar-refractivity contribution in [1.29, 1.82) is 0 Å². The molecule has 0 bridgehead atoms. The molecule has 3 heteroatoms. The van der Waals surface area contributed by atoms with Gasteiger partial charge >= 0.3 is 0 Å². The fourth-order valence-electron chi connectivity index (χ4n) is 1.84. The van der Waals surface area contributed by atoms with E-state index in [4.69, 9.17) is 16.3 Å². The van der Waals surface area contributed by atoms with E-state index in [0.717, 1.165) is 11.1 Å². The number of carbonyl (C=O) groups excluding carboxylic acids is 1. The Morgan fingerprint density at radius 3 is 2.63 bits per heavy atom. The van der Waals surface area contributed by atoms with Crippen LogP contribution in [0.1, 0.15) is 21.5 Å². The first-order valence-electron chi connectivity index (χ1n) is 6.05. The molecule has 0 N–H and O–H groups in total. The zero-order chi connectivity index (χ0) is 13.8. The van der Waals surface area contributed by atoms with Crippen LogP contribution in [-0.4, -0.2) is 12.4 Å². The van der Waals surface area contributed by atoms with Gasteiger partial charge in [-0.3, -0.25) is 4.79 Å². The van der Waals surface area contributed by atoms with Crippen molar-refractivity contribution in [1.82, 2.24) is 0 Å². The molecule has 0 amide bonds. The molecule has 0 atom stereocenters. The minimum Gasteiger partial charge on any atom is -0.485 e. The van der Waals surface area contributed by atoms with Crippen molar-refractivity contribution in [2.24, 2.45) is 0 Å². The lowest BCUT2D eigenvalue weighted by molar-refractivity contribution is 0.0921. The molecule has 2 aromatic rings. The molecule has 0 fully saturated rings. The maximum atomic E-state index is 12.1. The van der Waals surface area contributed by atoms with Crippen molar-refractivity contribution in [2.45, 2.75) is 13.8 Å². The number of rotatable bonds is 4. The lowest BCUT2D eigenvalue weighted by Crippen LogP contribution is -2.13. The fourth-order valence-corrected chi connectivity index (χ4v) is 2.02. The van der Waals surface area contributed by atoms with Gasteiger partial charge in [-0.15, -0.1) is 0 Å². The van der Waals surface area contributed by atoms with Crippen molar-refractivity contribution in [2.75, 3.05) is 6.61 Å². The Balaban J connectivity index is 2.08. The SMILES string of the molecule is Cc1cccc(C(=O)COc2cccc(Cl)c2)c1C. The zero-order valence-corrected chi connectivity index (χ0v) is 11.7. The highest BCUT2D eigenvalue weighted by Crippen LogP contribution is 2.18. The van der Waals surface area contributed by atoms with Gasteiger partial charge in [0.05, 0.1) is 0 Å². The molecule has 0 aliphatic heterocycles. The maximum Gasteiger partial charge on any atom is 0.200 e. The van der Waals surface area contributed by atoms with Crippen LogP contribution in [0.4, 0.5) is 0 Å². The molecule has 0 heterocycles. The molecule has 0 aliphatic rings. The van der Waals surface area contributed by atoms with E-state index in [1.165, 1.54) is 0 Å². The van der Waals surface area contributed by atoms with Crippen molar-refractivity contribution in [3.05, 3.63) is 64.2 Å². The molecule has 0 radical (unpaired) electrons. The average molecular weight is 275 g/mol. The molecule has 0 spiro atoms. The number of hydrogen-bond acceptors (Lipinski definition) is 2. The normalized spacial score (nSPS) is 10.3. The fraction of sp³-hybridized carbons (Fsp3) is 0.188. The van der Waals surface area contributed by atoms with Crippen LogP contribution in [0.3, 0.4) is 0 Å². The third kappa shape index (κ3) is 3.36. The number of aryl methyl sites for hydroxylation is 1. The Hall–Kier alpha value is -1.80. The number of carbonyl (C=O) groups is 1. The molecule has 2 aromatic carbocycles. The monoisotopic (exact) mass is 274 g/mol. The second-order valence-electron chi connectivity index (χ2n) is 4.42. The number of benzene rings is 2. The lowest BCUT2D eigenvalue weighted by atomic mass is 10.0. The Morgan fingerprint density at radius 1 is 1.16 bits per heavy atom. The largest absolute Gasteiger partial charge is 0.485 e. The second-order valence-corrected chi connectivity index (χ2v) is 4.85.